The fourth-order valence-electron chi connectivity index (χ4n) is 1.10. The minimum Gasteiger partial charge on any atom is -0.475 e. The zero-order valence-electron chi connectivity index (χ0n) is 8.87. The molecule has 2 N–H and O–H groups in total. The Balaban J connectivity index is 0.000000293. The third-order valence-electron chi connectivity index (χ3n) is 1.95. The van der Waals surface area contributed by atoms with E-state index in [1.165, 1.54) is 0 Å². The lowest BCUT2D eigenvalue weighted by molar-refractivity contribution is -0.192. The molecule has 1 saturated heterocycles. The van der Waals surface area contributed by atoms with Gasteiger partial charge in [0.1, 0.15) is 0 Å². The van der Waals surface area contributed by atoms with E-state index in [0.29, 0.717) is 11.4 Å². The van der Waals surface area contributed by atoms with Crippen molar-refractivity contribution in [2.24, 2.45) is 0 Å². The highest BCUT2D eigenvalue weighted by molar-refractivity contribution is 7.99. The van der Waals surface area contributed by atoms with Crippen LogP contribution in [0.15, 0.2) is 0 Å². The zero-order valence-corrected chi connectivity index (χ0v) is 9.69. The van der Waals surface area contributed by atoms with Crippen molar-refractivity contribution in [1.29, 1.82) is 0 Å². The van der Waals surface area contributed by atoms with Gasteiger partial charge >= 0.3 is 12.1 Å². The molecule has 0 saturated carbocycles. The number of ether oxygens (including phenoxy) is 1. The molecule has 2 atom stereocenters. The van der Waals surface area contributed by atoms with Crippen LogP contribution in [0.3, 0.4) is 0 Å². The number of thioether (sulfide) groups is 1. The van der Waals surface area contributed by atoms with Gasteiger partial charge in [0.25, 0.3) is 0 Å². The monoisotopic (exact) mass is 261 g/mol. The lowest BCUT2D eigenvalue weighted by atomic mass is 10.3. The standard InChI is InChI=1S/C6H13NOS.C2HF3O2/c1-8-5-3-7-4-6(5)9-2;3-2(4,5)1(6)7/h5-7H,3-4H2,1-2H3;(H,6,7). The quantitative estimate of drug-likeness (QED) is 0.775. The first-order valence-electron chi connectivity index (χ1n) is 4.39. The topological polar surface area (TPSA) is 58.6 Å². The molecule has 1 rings (SSSR count). The van der Waals surface area contributed by atoms with Crippen LogP contribution in [0.25, 0.3) is 0 Å². The first-order chi connectivity index (χ1) is 7.32. The van der Waals surface area contributed by atoms with Gasteiger partial charge < -0.3 is 15.2 Å². The molecule has 0 aromatic heterocycles. The number of carboxylic acid groups (broad SMARTS) is 1. The number of carboxylic acids is 1. The van der Waals surface area contributed by atoms with Gasteiger partial charge in [0.05, 0.1) is 6.10 Å². The molecule has 1 aliphatic heterocycles. The second-order valence-electron chi connectivity index (χ2n) is 3.01. The third-order valence-corrected chi connectivity index (χ3v) is 3.03. The van der Waals surface area contributed by atoms with Gasteiger partial charge in [0, 0.05) is 25.4 Å². The fraction of sp³-hybridized carbons (Fsp3) is 0.875. The smallest absolute Gasteiger partial charge is 0.475 e. The molecule has 0 aromatic rings. The summed E-state index contributed by atoms with van der Waals surface area (Å²) in [6.07, 6.45) is -2.52. The molecular formula is C8H14F3NO3S. The summed E-state index contributed by atoms with van der Waals surface area (Å²) in [5, 5.41) is 11.1. The predicted octanol–water partition coefficient (Wildman–Crippen LogP) is 0.969. The number of halogens is 3. The van der Waals surface area contributed by atoms with E-state index >= 15 is 0 Å². The second kappa shape index (κ2) is 6.97. The van der Waals surface area contributed by atoms with Crippen molar-refractivity contribution < 1.29 is 27.8 Å². The average molecular weight is 261 g/mol. The summed E-state index contributed by atoms with van der Waals surface area (Å²) < 4.78 is 37.0. The van der Waals surface area contributed by atoms with E-state index in [-0.39, 0.29) is 0 Å². The van der Waals surface area contributed by atoms with Crippen molar-refractivity contribution in [2.75, 3.05) is 26.5 Å². The van der Waals surface area contributed by atoms with Gasteiger partial charge in [-0.05, 0) is 6.26 Å². The van der Waals surface area contributed by atoms with Gasteiger partial charge in [0.15, 0.2) is 0 Å². The molecule has 0 radical (unpaired) electrons. The summed E-state index contributed by atoms with van der Waals surface area (Å²) >= 11 is 1.88. The SMILES string of the molecule is COC1CNCC1SC.O=C(O)C(F)(F)F. The number of alkyl halides is 3. The lowest BCUT2D eigenvalue weighted by Gasteiger charge is -2.13. The van der Waals surface area contributed by atoms with Crippen molar-refractivity contribution >= 4 is 17.7 Å². The Hall–Kier alpha value is -0.470. The highest BCUT2D eigenvalue weighted by atomic mass is 32.2. The van der Waals surface area contributed by atoms with E-state index < -0.39 is 12.1 Å². The van der Waals surface area contributed by atoms with E-state index in [9.17, 15) is 13.2 Å². The van der Waals surface area contributed by atoms with Crippen molar-refractivity contribution in [3.63, 3.8) is 0 Å². The molecule has 1 fully saturated rings. The zero-order chi connectivity index (χ0) is 12.8. The van der Waals surface area contributed by atoms with E-state index in [2.05, 4.69) is 11.6 Å². The van der Waals surface area contributed by atoms with E-state index in [1.807, 2.05) is 11.8 Å². The number of carbonyl (C=O) groups is 1. The Morgan fingerprint density at radius 3 is 2.25 bits per heavy atom. The maximum absolute atomic E-state index is 10.6. The molecule has 1 aliphatic rings. The molecular weight excluding hydrogens is 247 g/mol. The van der Waals surface area contributed by atoms with Crippen LogP contribution in [0.4, 0.5) is 13.2 Å². The lowest BCUT2D eigenvalue weighted by Crippen LogP contribution is -2.22. The Kier molecular flexibility index (Phi) is 6.77. The first-order valence-corrected chi connectivity index (χ1v) is 5.68. The Morgan fingerprint density at radius 2 is 2.00 bits per heavy atom. The number of rotatable bonds is 2. The second-order valence-corrected chi connectivity index (χ2v) is 4.09. The highest BCUT2D eigenvalue weighted by Crippen LogP contribution is 2.16. The van der Waals surface area contributed by atoms with Crippen molar-refractivity contribution in [1.82, 2.24) is 5.32 Å². The van der Waals surface area contributed by atoms with E-state index in [1.54, 1.807) is 7.11 Å². The molecule has 96 valence electrons. The third kappa shape index (κ3) is 5.57. The summed E-state index contributed by atoms with van der Waals surface area (Å²) in [7, 11) is 1.78. The van der Waals surface area contributed by atoms with Gasteiger partial charge in [-0.3, -0.25) is 0 Å². The molecule has 2 unspecified atom stereocenters. The van der Waals surface area contributed by atoms with Gasteiger partial charge in [0.2, 0.25) is 0 Å². The van der Waals surface area contributed by atoms with E-state index in [4.69, 9.17) is 14.6 Å². The van der Waals surface area contributed by atoms with Gasteiger partial charge in [-0.1, -0.05) is 0 Å². The normalized spacial score (nSPS) is 24.8. The van der Waals surface area contributed by atoms with Crippen LogP contribution in [0.2, 0.25) is 0 Å². The van der Waals surface area contributed by atoms with Crippen molar-refractivity contribution in [3.8, 4) is 0 Å². The molecule has 0 aliphatic carbocycles. The van der Waals surface area contributed by atoms with Crippen LogP contribution in [0.5, 0.6) is 0 Å². The number of nitrogens with one attached hydrogen (secondary N) is 1. The summed E-state index contributed by atoms with van der Waals surface area (Å²) in [4.78, 5) is 8.90. The summed E-state index contributed by atoms with van der Waals surface area (Å²) in [6.45, 7) is 2.11. The van der Waals surface area contributed by atoms with Gasteiger partial charge in [-0.2, -0.15) is 24.9 Å². The van der Waals surface area contributed by atoms with Crippen LogP contribution in [0.1, 0.15) is 0 Å². The molecule has 16 heavy (non-hydrogen) atoms. The Morgan fingerprint density at radius 1 is 1.50 bits per heavy atom. The highest BCUT2D eigenvalue weighted by Gasteiger charge is 2.38. The Bertz CT molecular complexity index is 215. The average Bonchev–Trinajstić information content (AvgIpc) is 2.63. The molecule has 8 heteroatoms. The van der Waals surface area contributed by atoms with Crippen LogP contribution in [0, 0.1) is 0 Å². The van der Waals surface area contributed by atoms with Crippen LogP contribution in [-0.2, 0) is 9.53 Å². The molecule has 1 heterocycles. The Labute approximate surface area is 95.5 Å². The maximum Gasteiger partial charge on any atom is 0.490 e. The number of hydrogen-bond donors (Lipinski definition) is 2. The largest absolute Gasteiger partial charge is 0.490 e. The van der Waals surface area contributed by atoms with Crippen molar-refractivity contribution in [2.45, 2.75) is 17.5 Å². The summed E-state index contributed by atoms with van der Waals surface area (Å²) in [5.74, 6) is -2.76. The maximum atomic E-state index is 10.6. The fourth-order valence-corrected chi connectivity index (χ4v) is 1.90. The van der Waals surface area contributed by atoms with E-state index in [0.717, 1.165) is 13.1 Å². The van der Waals surface area contributed by atoms with Crippen LogP contribution in [-0.4, -0.2) is 55.1 Å². The minimum absolute atomic E-state index is 0.431. The van der Waals surface area contributed by atoms with Crippen LogP contribution >= 0.6 is 11.8 Å². The molecule has 4 nitrogen and oxygen atoms in total. The van der Waals surface area contributed by atoms with Gasteiger partial charge in [-0.15, -0.1) is 0 Å². The minimum atomic E-state index is -5.08. The first kappa shape index (κ1) is 15.5. The van der Waals surface area contributed by atoms with Crippen LogP contribution < -0.4 is 5.32 Å². The summed E-state index contributed by atoms with van der Waals surface area (Å²) in [5.41, 5.74) is 0. The molecule has 0 amide bonds. The van der Waals surface area contributed by atoms with Crippen molar-refractivity contribution in [3.05, 3.63) is 0 Å². The molecule has 0 bridgehead atoms. The number of methoxy groups -OCH3 is 1. The number of aliphatic carboxylic acids is 1. The summed E-state index contributed by atoms with van der Waals surface area (Å²) in [6, 6.07) is 0. The molecule has 0 aromatic carbocycles. The predicted molar refractivity (Wildman–Crippen MR) is 54.7 cm³/mol. The van der Waals surface area contributed by atoms with Gasteiger partial charge in [-0.25, -0.2) is 4.79 Å². The molecule has 0 spiro atoms. The number of hydrogen-bond acceptors (Lipinski definition) is 4.